The minimum Gasteiger partial charge on any atom is -0.494 e. The van der Waals surface area contributed by atoms with Gasteiger partial charge < -0.3 is 9.64 Å². The Morgan fingerprint density at radius 3 is 2.55 bits per heavy atom. The van der Waals surface area contributed by atoms with Crippen LogP contribution in [0.5, 0.6) is 5.75 Å². The van der Waals surface area contributed by atoms with Crippen LogP contribution < -0.4 is 4.74 Å². The Bertz CT molecular complexity index is 1030. The van der Waals surface area contributed by atoms with Gasteiger partial charge in [0.2, 0.25) is 0 Å². The van der Waals surface area contributed by atoms with E-state index < -0.39 is 5.82 Å². The predicted octanol–water partition coefficient (Wildman–Crippen LogP) is 2.81. The summed E-state index contributed by atoms with van der Waals surface area (Å²) >= 11 is 6.04. The van der Waals surface area contributed by atoms with E-state index in [1.165, 1.54) is 18.2 Å². The maximum atomic E-state index is 14.1. The largest absolute Gasteiger partial charge is 0.494 e. The summed E-state index contributed by atoms with van der Waals surface area (Å²) in [5, 5.41) is 12.2. The van der Waals surface area contributed by atoms with E-state index in [9.17, 15) is 9.18 Å². The van der Waals surface area contributed by atoms with Crippen LogP contribution in [-0.2, 0) is 6.54 Å². The highest BCUT2D eigenvalue weighted by atomic mass is 35.5. The molecule has 0 radical (unpaired) electrons. The van der Waals surface area contributed by atoms with Crippen molar-refractivity contribution in [2.75, 3.05) is 32.8 Å². The molecule has 2 aromatic carbocycles. The zero-order valence-corrected chi connectivity index (χ0v) is 17.8. The first-order valence-corrected chi connectivity index (χ1v) is 10.4. The highest BCUT2D eigenvalue weighted by Crippen LogP contribution is 2.22. The maximum absolute atomic E-state index is 14.1. The summed E-state index contributed by atoms with van der Waals surface area (Å²) in [4.78, 5) is 16.5. The van der Waals surface area contributed by atoms with Gasteiger partial charge in [-0.3, -0.25) is 9.69 Å². The first kappa shape index (κ1) is 21.2. The van der Waals surface area contributed by atoms with Crippen LogP contribution in [0.15, 0.2) is 42.5 Å². The summed E-state index contributed by atoms with van der Waals surface area (Å²) in [6, 6.07) is 11.8. The predicted molar refractivity (Wildman–Crippen MR) is 113 cm³/mol. The van der Waals surface area contributed by atoms with E-state index in [1.54, 1.807) is 9.58 Å². The minimum absolute atomic E-state index is 0.0722. The summed E-state index contributed by atoms with van der Waals surface area (Å²) in [6.07, 6.45) is 0. The Morgan fingerprint density at radius 1 is 1.13 bits per heavy atom. The van der Waals surface area contributed by atoms with E-state index in [4.69, 9.17) is 16.3 Å². The molecule has 1 amide bonds. The third-order valence-corrected chi connectivity index (χ3v) is 5.44. The molecule has 0 N–H and O–H groups in total. The third kappa shape index (κ3) is 4.67. The lowest BCUT2D eigenvalue weighted by Crippen LogP contribution is -2.48. The van der Waals surface area contributed by atoms with Crippen molar-refractivity contribution in [1.29, 1.82) is 0 Å². The fourth-order valence-corrected chi connectivity index (χ4v) is 3.77. The molecular formula is C21H22ClFN6O2. The van der Waals surface area contributed by atoms with Gasteiger partial charge in [0, 0.05) is 26.2 Å². The van der Waals surface area contributed by atoms with E-state index in [1.807, 2.05) is 31.2 Å². The van der Waals surface area contributed by atoms with Crippen molar-refractivity contribution < 1.29 is 13.9 Å². The number of ether oxygens (including phenoxy) is 1. The quantitative estimate of drug-likeness (QED) is 0.582. The van der Waals surface area contributed by atoms with Gasteiger partial charge >= 0.3 is 0 Å². The summed E-state index contributed by atoms with van der Waals surface area (Å²) in [6.45, 7) is 5.24. The number of tetrazole rings is 1. The number of rotatable bonds is 6. The zero-order chi connectivity index (χ0) is 21.8. The van der Waals surface area contributed by atoms with Crippen LogP contribution in [0.25, 0.3) is 5.69 Å². The van der Waals surface area contributed by atoms with Crippen molar-refractivity contribution >= 4 is 17.5 Å². The average molecular weight is 445 g/mol. The second-order valence-corrected chi connectivity index (χ2v) is 7.51. The summed E-state index contributed by atoms with van der Waals surface area (Å²) in [7, 11) is 0. The molecule has 162 valence electrons. The number of halogens is 2. The van der Waals surface area contributed by atoms with E-state index >= 15 is 0 Å². The van der Waals surface area contributed by atoms with Crippen molar-refractivity contribution in [3.63, 3.8) is 0 Å². The molecule has 1 aliphatic rings. The fraction of sp³-hybridized carbons (Fsp3) is 0.333. The maximum Gasteiger partial charge on any atom is 0.258 e. The highest BCUT2D eigenvalue weighted by molar-refractivity contribution is 6.33. The molecular weight excluding hydrogens is 423 g/mol. The number of nitrogens with zero attached hydrogens (tertiary/aromatic N) is 6. The lowest BCUT2D eigenvalue weighted by atomic mass is 10.1. The Kier molecular flexibility index (Phi) is 6.43. The third-order valence-electron chi connectivity index (χ3n) is 5.13. The molecule has 1 aromatic heterocycles. The van der Waals surface area contributed by atoms with Gasteiger partial charge in [0.1, 0.15) is 11.6 Å². The van der Waals surface area contributed by atoms with Gasteiger partial charge in [0.25, 0.3) is 5.91 Å². The molecule has 1 aliphatic heterocycles. The van der Waals surface area contributed by atoms with Gasteiger partial charge in [0.15, 0.2) is 5.82 Å². The lowest BCUT2D eigenvalue weighted by molar-refractivity contribution is 0.0620. The van der Waals surface area contributed by atoms with Gasteiger partial charge in [-0.2, -0.15) is 4.68 Å². The van der Waals surface area contributed by atoms with Crippen molar-refractivity contribution in [3.8, 4) is 11.4 Å². The number of piperazine rings is 1. The first-order chi connectivity index (χ1) is 15.1. The van der Waals surface area contributed by atoms with Crippen molar-refractivity contribution in [2.24, 2.45) is 0 Å². The molecule has 0 atom stereocenters. The number of benzene rings is 2. The molecule has 1 saturated heterocycles. The molecule has 0 unspecified atom stereocenters. The molecule has 4 rings (SSSR count). The standard InChI is InChI=1S/C21H22ClFN6O2/c1-2-31-16-8-6-15(7-9-16)29-19(24-25-26-29)14-27-10-12-28(13-11-27)21(30)20-17(22)4-3-5-18(20)23/h3-9H,2,10-14H2,1H3. The minimum atomic E-state index is -0.602. The molecule has 10 heteroatoms. The molecule has 0 bridgehead atoms. The highest BCUT2D eigenvalue weighted by Gasteiger charge is 2.26. The second-order valence-electron chi connectivity index (χ2n) is 7.10. The molecule has 0 saturated carbocycles. The SMILES string of the molecule is CCOc1ccc(-n2nnnc2CN2CCN(C(=O)c3c(F)cccc3Cl)CC2)cc1. The zero-order valence-electron chi connectivity index (χ0n) is 17.0. The number of aromatic nitrogens is 4. The van der Waals surface area contributed by atoms with Gasteiger partial charge in [-0.15, -0.1) is 5.10 Å². The Labute approximate surface area is 184 Å². The molecule has 8 nitrogen and oxygen atoms in total. The van der Waals surface area contributed by atoms with Crippen molar-refractivity contribution in [1.82, 2.24) is 30.0 Å². The molecule has 2 heterocycles. The topological polar surface area (TPSA) is 76.4 Å². The Morgan fingerprint density at radius 2 is 1.87 bits per heavy atom. The second kappa shape index (κ2) is 9.40. The van der Waals surface area contributed by atoms with E-state index in [-0.39, 0.29) is 16.5 Å². The van der Waals surface area contributed by atoms with Crippen LogP contribution in [0.3, 0.4) is 0 Å². The molecule has 31 heavy (non-hydrogen) atoms. The lowest BCUT2D eigenvalue weighted by Gasteiger charge is -2.34. The monoisotopic (exact) mass is 444 g/mol. The number of amides is 1. The van der Waals surface area contributed by atoms with Crippen LogP contribution in [-0.4, -0.2) is 68.7 Å². The summed E-state index contributed by atoms with van der Waals surface area (Å²) < 4.78 is 21.2. The van der Waals surface area contributed by atoms with Crippen LogP contribution in [0.4, 0.5) is 4.39 Å². The Hall–Kier alpha value is -3.04. The van der Waals surface area contributed by atoms with Crippen LogP contribution >= 0.6 is 11.6 Å². The number of carbonyl (C=O) groups excluding carboxylic acids is 1. The fourth-order valence-electron chi connectivity index (χ4n) is 3.52. The van der Waals surface area contributed by atoms with E-state index in [0.29, 0.717) is 45.2 Å². The van der Waals surface area contributed by atoms with Gasteiger partial charge in [-0.05, 0) is 53.7 Å². The molecule has 0 spiro atoms. The normalized spacial score (nSPS) is 14.6. The molecule has 0 aliphatic carbocycles. The smallest absolute Gasteiger partial charge is 0.258 e. The van der Waals surface area contributed by atoms with Gasteiger partial charge in [-0.1, -0.05) is 17.7 Å². The molecule has 1 fully saturated rings. The van der Waals surface area contributed by atoms with Crippen molar-refractivity contribution in [3.05, 3.63) is 64.7 Å². The van der Waals surface area contributed by atoms with Crippen LogP contribution in [0, 0.1) is 5.82 Å². The Balaban J connectivity index is 1.39. The number of hydrogen-bond donors (Lipinski definition) is 0. The number of carbonyl (C=O) groups is 1. The summed E-state index contributed by atoms with van der Waals surface area (Å²) in [5.74, 6) is 0.495. The van der Waals surface area contributed by atoms with Crippen LogP contribution in [0.1, 0.15) is 23.1 Å². The van der Waals surface area contributed by atoms with Crippen LogP contribution in [0.2, 0.25) is 5.02 Å². The number of hydrogen-bond acceptors (Lipinski definition) is 6. The van der Waals surface area contributed by atoms with E-state index in [2.05, 4.69) is 20.4 Å². The van der Waals surface area contributed by atoms with Gasteiger partial charge in [0.05, 0.1) is 29.4 Å². The van der Waals surface area contributed by atoms with Crippen molar-refractivity contribution in [2.45, 2.75) is 13.5 Å². The first-order valence-electron chi connectivity index (χ1n) is 10.0. The average Bonchev–Trinajstić information content (AvgIpc) is 3.23. The molecule has 3 aromatic rings. The van der Waals surface area contributed by atoms with E-state index in [0.717, 1.165) is 11.4 Å². The van der Waals surface area contributed by atoms with Gasteiger partial charge in [-0.25, -0.2) is 4.39 Å². The summed E-state index contributed by atoms with van der Waals surface area (Å²) in [5.41, 5.74) is 0.767.